The molecule has 100 valence electrons. The van der Waals surface area contributed by atoms with Crippen LogP contribution in [0, 0.1) is 18.6 Å². The minimum absolute atomic E-state index is 0.0740. The molecule has 1 atom stereocenters. The summed E-state index contributed by atoms with van der Waals surface area (Å²) < 4.78 is 26.3. The Balaban J connectivity index is 2.38. The van der Waals surface area contributed by atoms with Crippen LogP contribution in [0.3, 0.4) is 0 Å². The molecule has 0 aliphatic heterocycles. The van der Waals surface area contributed by atoms with E-state index in [4.69, 9.17) is 5.73 Å². The summed E-state index contributed by atoms with van der Waals surface area (Å²) in [6.45, 7) is 2.27. The van der Waals surface area contributed by atoms with Crippen LogP contribution in [0.5, 0.6) is 0 Å². The molecule has 0 fully saturated rings. The zero-order valence-corrected chi connectivity index (χ0v) is 10.9. The molecule has 2 aromatic rings. The molecule has 2 rings (SSSR count). The first-order valence-electron chi connectivity index (χ1n) is 6.33. The second-order valence-corrected chi connectivity index (χ2v) is 4.69. The van der Waals surface area contributed by atoms with Gasteiger partial charge in [-0.25, -0.2) is 8.78 Å². The van der Waals surface area contributed by atoms with Crippen molar-refractivity contribution < 1.29 is 8.78 Å². The molecule has 3 heteroatoms. The van der Waals surface area contributed by atoms with Crippen LogP contribution in [0.15, 0.2) is 42.5 Å². The minimum atomic E-state index is -0.259. The molecule has 0 heterocycles. The fourth-order valence-corrected chi connectivity index (χ4v) is 2.27. The third-order valence-electron chi connectivity index (χ3n) is 3.31. The molecule has 1 unspecified atom stereocenters. The van der Waals surface area contributed by atoms with E-state index in [-0.39, 0.29) is 17.6 Å². The van der Waals surface area contributed by atoms with Crippen LogP contribution in [0.1, 0.15) is 29.0 Å². The Morgan fingerprint density at radius 1 is 1.00 bits per heavy atom. The van der Waals surface area contributed by atoms with Gasteiger partial charge in [0, 0.05) is 5.92 Å². The number of halogens is 2. The van der Waals surface area contributed by atoms with E-state index in [0.717, 1.165) is 17.5 Å². The number of hydrogen-bond donors (Lipinski definition) is 1. The third kappa shape index (κ3) is 3.18. The summed E-state index contributed by atoms with van der Waals surface area (Å²) in [5, 5.41) is 0. The molecule has 19 heavy (non-hydrogen) atoms. The maximum Gasteiger partial charge on any atom is 0.126 e. The van der Waals surface area contributed by atoms with Crippen molar-refractivity contribution in [2.45, 2.75) is 19.3 Å². The topological polar surface area (TPSA) is 26.0 Å². The molecule has 2 aromatic carbocycles. The van der Waals surface area contributed by atoms with Gasteiger partial charge in [0.15, 0.2) is 0 Å². The van der Waals surface area contributed by atoms with E-state index >= 15 is 0 Å². The molecular weight excluding hydrogens is 244 g/mol. The molecule has 0 spiro atoms. The van der Waals surface area contributed by atoms with Gasteiger partial charge in [-0.2, -0.15) is 0 Å². The molecular formula is C16H17F2N. The predicted molar refractivity (Wildman–Crippen MR) is 73.1 cm³/mol. The zero-order valence-electron chi connectivity index (χ0n) is 10.9. The maximum atomic E-state index is 13.3. The molecule has 2 N–H and O–H groups in total. The van der Waals surface area contributed by atoms with Crippen LogP contribution >= 0.6 is 0 Å². The fraction of sp³-hybridized carbons (Fsp3) is 0.250. The predicted octanol–water partition coefficient (Wildman–Crippen LogP) is 3.75. The zero-order chi connectivity index (χ0) is 13.8. The molecule has 0 bridgehead atoms. The lowest BCUT2D eigenvalue weighted by atomic mass is 9.88. The minimum Gasteiger partial charge on any atom is -0.330 e. The van der Waals surface area contributed by atoms with Crippen molar-refractivity contribution in [1.82, 2.24) is 0 Å². The van der Waals surface area contributed by atoms with Crippen LogP contribution < -0.4 is 5.73 Å². The van der Waals surface area contributed by atoms with Crippen molar-refractivity contribution in [3.05, 3.63) is 70.8 Å². The summed E-state index contributed by atoms with van der Waals surface area (Å²) in [6.07, 6.45) is 0.747. The smallest absolute Gasteiger partial charge is 0.126 e. The van der Waals surface area contributed by atoms with E-state index in [1.165, 1.54) is 18.2 Å². The quantitative estimate of drug-likeness (QED) is 0.891. The molecule has 0 aromatic heterocycles. The normalized spacial score (nSPS) is 12.4. The van der Waals surface area contributed by atoms with Gasteiger partial charge in [0.05, 0.1) is 0 Å². The van der Waals surface area contributed by atoms with Crippen molar-refractivity contribution in [2.24, 2.45) is 5.73 Å². The highest BCUT2D eigenvalue weighted by molar-refractivity contribution is 5.35. The van der Waals surface area contributed by atoms with Gasteiger partial charge >= 0.3 is 0 Å². The Labute approximate surface area is 112 Å². The van der Waals surface area contributed by atoms with Crippen molar-refractivity contribution in [1.29, 1.82) is 0 Å². The van der Waals surface area contributed by atoms with Crippen LogP contribution in [0.4, 0.5) is 8.78 Å². The van der Waals surface area contributed by atoms with Crippen molar-refractivity contribution >= 4 is 0 Å². The van der Waals surface area contributed by atoms with Gasteiger partial charge in [-0.05, 0) is 54.8 Å². The molecule has 0 amide bonds. The van der Waals surface area contributed by atoms with Crippen LogP contribution in [-0.2, 0) is 0 Å². The van der Waals surface area contributed by atoms with E-state index < -0.39 is 0 Å². The van der Waals surface area contributed by atoms with Gasteiger partial charge in [0.2, 0.25) is 0 Å². The lowest BCUT2D eigenvalue weighted by Gasteiger charge is -2.18. The molecule has 0 radical (unpaired) electrons. The number of rotatable bonds is 4. The summed E-state index contributed by atoms with van der Waals surface area (Å²) in [4.78, 5) is 0. The Kier molecular flexibility index (Phi) is 4.27. The first kappa shape index (κ1) is 13.7. The summed E-state index contributed by atoms with van der Waals surface area (Å²) in [7, 11) is 0. The Morgan fingerprint density at radius 3 is 2.21 bits per heavy atom. The number of aryl methyl sites for hydroxylation is 1. The number of benzene rings is 2. The lowest BCUT2D eigenvalue weighted by molar-refractivity contribution is 0.615. The second kappa shape index (κ2) is 5.93. The highest BCUT2D eigenvalue weighted by Gasteiger charge is 2.14. The van der Waals surface area contributed by atoms with Crippen LogP contribution in [0.2, 0.25) is 0 Å². The highest BCUT2D eigenvalue weighted by Crippen LogP contribution is 2.28. The van der Waals surface area contributed by atoms with Crippen molar-refractivity contribution in [3.8, 4) is 0 Å². The first-order chi connectivity index (χ1) is 9.11. The second-order valence-electron chi connectivity index (χ2n) is 4.69. The standard InChI is InChI=1S/C16H17F2N/c1-11-10-13(4-7-16(11)18)15(8-9-19)12-2-5-14(17)6-3-12/h2-7,10,15H,8-9,19H2,1H3. The number of nitrogens with two attached hydrogens (primary N) is 1. The van der Waals surface area contributed by atoms with E-state index in [2.05, 4.69) is 0 Å². The first-order valence-corrected chi connectivity index (χ1v) is 6.33. The molecule has 1 nitrogen and oxygen atoms in total. The van der Waals surface area contributed by atoms with Gasteiger partial charge in [-0.3, -0.25) is 0 Å². The maximum absolute atomic E-state index is 13.3. The monoisotopic (exact) mass is 261 g/mol. The van der Waals surface area contributed by atoms with Gasteiger partial charge in [-0.1, -0.05) is 24.3 Å². The van der Waals surface area contributed by atoms with E-state index in [1.54, 1.807) is 25.1 Å². The molecule has 0 saturated carbocycles. The van der Waals surface area contributed by atoms with Crippen LogP contribution in [0.25, 0.3) is 0 Å². The summed E-state index contributed by atoms with van der Waals surface area (Å²) in [6, 6.07) is 11.5. The van der Waals surface area contributed by atoms with E-state index in [1.807, 2.05) is 6.07 Å². The summed E-state index contributed by atoms with van der Waals surface area (Å²) in [5.41, 5.74) is 8.27. The van der Waals surface area contributed by atoms with Gasteiger partial charge < -0.3 is 5.73 Å². The summed E-state index contributed by atoms with van der Waals surface area (Å²) >= 11 is 0. The Hall–Kier alpha value is -1.74. The Bertz CT molecular complexity index is 549. The fourth-order valence-electron chi connectivity index (χ4n) is 2.27. The Morgan fingerprint density at radius 2 is 1.63 bits per heavy atom. The van der Waals surface area contributed by atoms with E-state index in [9.17, 15) is 8.78 Å². The average molecular weight is 261 g/mol. The van der Waals surface area contributed by atoms with Crippen molar-refractivity contribution in [3.63, 3.8) is 0 Å². The third-order valence-corrected chi connectivity index (χ3v) is 3.31. The molecule has 0 saturated heterocycles. The van der Waals surface area contributed by atoms with Crippen LogP contribution in [-0.4, -0.2) is 6.54 Å². The SMILES string of the molecule is Cc1cc(C(CCN)c2ccc(F)cc2)ccc1F. The van der Waals surface area contributed by atoms with Gasteiger partial charge in [0.1, 0.15) is 11.6 Å². The highest BCUT2D eigenvalue weighted by atomic mass is 19.1. The van der Waals surface area contributed by atoms with E-state index in [0.29, 0.717) is 12.1 Å². The largest absolute Gasteiger partial charge is 0.330 e. The number of hydrogen-bond acceptors (Lipinski definition) is 1. The lowest BCUT2D eigenvalue weighted by Crippen LogP contribution is -2.09. The van der Waals surface area contributed by atoms with Gasteiger partial charge in [-0.15, -0.1) is 0 Å². The molecule has 0 aliphatic carbocycles. The summed E-state index contributed by atoms with van der Waals surface area (Å²) in [5.74, 6) is -0.398. The van der Waals surface area contributed by atoms with Crippen molar-refractivity contribution in [2.75, 3.05) is 6.54 Å². The molecule has 0 aliphatic rings. The average Bonchev–Trinajstić information content (AvgIpc) is 2.41. The van der Waals surface area contributed by atoms with Gasteiger partial charge in [0.25, 0.3) is 0 Å².